The van der Waals surface area contributed by atoms with E-state index in [1.165, 1.54) is 0 Å². The van der Waals surface area contributed by atoms with E-state index in [1.54, 1.807) is 13.1 Å². The predicted molar refractivity (Wildman–Crippen MR) is 90.0 cm³/mol. The molecule has 0 spiro atoms. The van der Waals surface area contributed by atoms with Crippen molar-refractivity contribution < 1.29 is 14.1 Å². The number of aliphatic imine (C=N–C) groups is 1. The van der Waals surface area contributed by atoms with Crippen LogP contribution in [0.2, 0.25) is 0 Å². The average molecular weight is 379 g/mol. The lowest BCUT2D eigenvalue weighted by molar-refractivity contribution is -0.143. The van der Waals surface area contributed by atoms with Gasteiger partial charge in [0.05, 0.1) is 18.7 Å². The predicted octanol–water partition coefficient (Wildman–Crippen LogP) is 2.48. The van der Waals surface area contributed by atoms with Gasteiger partial charge in [-0.25, -0.2) is 0 Å². The third-order valence-electron chi connectivity index (χ3n) is 2.76. The molecule has 0 radical (unpaired) electrons. The van der Waals surface area contributed by atoms with Crippen molar-refractivity contribution in [3.63, 3.8) is 0 Å². The summed E-state index contributed by atoms with van der Waals surface area (Å²) in [5.41, 5.74) is 0.716. The van der Waals surface area contributed by atoms with Crippen LogP contribution in [0.15, 0.2) is 16.8 Å². The molecule has 120 valence electrons. The number of ether oxygens (including phenoxy) is 1. The van der Waals surface area contributed by atoms with Crippen molar-refractivity contribution in [3.8, 4) is 0 Å². The summed E-state index contributed by atoms with van der Waals surface area (Å²) in [4.78, 5) is 16.3. The van der Waals surface area contributed by atoms with Gasteiger partial charge in [-0.2, -0.15) is 0 Å². The van der Waals surface area contributed by atoms with Crippen LogP contribution in [-0.2, 0) is 20.9 Å². The standard InChI is InChI=1S/C14H23BrN2O3S/c1-5-20-13(18)9-12(17-21(19)14(2,3)4)11-8-10(15)6-7-16-11/h7-8,10,12,17H,5-6,9H2,1-4H3. The van der Waals surface area contributed by atoms with Crippen LogP contribution in [0.25, 0.3) is 0 Å². The summed E-state index contributed by atoms with van der Waals surface area (Å²) >= 11 is 2.22. The fourth-order valence-electron chi connectivity index (χ4n) is 1.66. The Hall–Kier alpha value is -0.370. The first-order valence-electron chi connectivity index (χ1n) is 6.96. The Balaban J connectivity index is 2.84. The number of nitrogens with one attached hydrogen (secondary N) is 1. The van der Waals surface area contributed by atoms with Crippen LogP contribution in [0.1, 0.15) is 40.5 Å². The maximum Gasteiger partial charge on any atom is 0.307 e. The Morgan fingerprint density at radius 2 is 2.33 bits per heavy atom. The number of hydrogen-bond acceptors (Lipinski definition) is 5. The van der Waals surface area contributed by atoms with Crippen molar-refractivity contribution in [2.75, 3.05) is 6.61 Å². The van der Waals surface area contributed by atoms with Gasteiger partial charge in [0.15, 0.2) is 0 Å². The van der Waals surface area contributed by atoms with Crippen LogP contribution in [0.4, 0.5) is 0 Å². The molecule has 0 fully saturated rings. The summed E-state index contributed by atoms with van der Waals surface area (Å²) in [6.45, 7) is 7.73. The minimum atomic E-state index is -1.29. The molecule has 1 heterocycles. The van der Waals surface area contributed by atoms with Gasteiger partial charge in [-0.1, -0.05) is 15.9 Å². The van der Waals surface area contributed by atoms with E-state index in [1.807, 2.05) is 26.8 Å². The number of allylic oxidation sites excluding steroid dienone is 1. The average Bonchev–Trinajstić information content (AvgIpc) is 2.37. The molecule has 0 saturated carbocycles. The van der Waals surface area contributed by atoms with Crippen LogP contribution in [0.3, 0.4) is 0 Å². The number of carbonyl (C=O) groups is 1. The van der Waals surface area contributed by atoms with Crippen molar-refractivity contribution in [3.05, 3.63) is 11.8 Å². The van der Waals surface area contributed by atoms with Crippen molar-refractivity contribution in [2.24, 2.45) is 4.99 Å². The van der Waals surface area contributed by atoms with Gasteiger partial charge in [0.1, 0.15) is 10.8 Å². The lowest BCUT2D eigenvalue weighted by atomic mass is 10.1. The van der Waals surface area contributed by atoms with Gasteiger partial charge in [0.2, 0.25) is 0 Å². The fourth-order valence-corrected chi connectivity index (χ4v) is 2.91. The fraction of sp³-hybridized carbons (Fsp3) is 0.714. The highest BCUT2D eigenvalue weighted by Gasteiger charge is 2.32. The lowest BCUT2D eigenvalue weighted by Gasteiger charge is -2.28. The third-order valence-corrected chi connectivity index (χ3v) is 5.01. The number of rotatable bonds is 6. The molecule has 0 aliphatic carbocycles. The van der Waals surface area contributed by atoms with Gasteiger partial charge in [0, 0.05) is 22.4 Å². The minimum Gasteiger partial charge on any atom is -0.598 e. The molecule has 3 atom stereocenters. The molecular formula is C14H23BrN2O3S. The van der Waals surface area contributed by atoms with Gasteiger partial charge in [0.25, 0.3) is 0 Å². The largest absolute Gasteiger partial charge is 0.598 e. The lowest BCUT2D eigenvalue weighted by Crippen LogP contribution is -2.46. The Morgan fingerprint density at radius 1 is 1.67 bits per heavy atom. The van der Waals surface area contributed by atoms with Crippen LogP contribution in [0, 0.1) is 0 Å². The van der Waals surface area contributed by atoms with Gasteiger partial charge >= 0.3 is 5.97 Å². The number of alkyl halides is 1. The highest BCUT2D eigenvalue weighted by Crippen LogP contribution is 2.22. The maximum absolute atomic E-state index is 12.3. The zero-order valence-corrected chi connectivity index (χ0v) is 15.3. The van der Waals surface area contributed by atoms with Crippen LogP contribution < -0.4 is 4.72 Å². The number of esters is 1. The molecule has 1 aliphatic rings. The molecule has 0 amide bonds. The van der Waals surface area contributed by atoms with Crippen molar-refractivity contribution in [1.82, 2.24) is 4.72 Å². The van der Waals surface area contributed by atoms with Crippen molar-refractivity contribution in [2.45, 2.75) is 56.2 Å². The molecule has 0 aromatic carbocycles. The molecule has 0 aromatic heterocycles. The molecule has 5 nitrogen and oxygen atoms in total. The Labute approximate surface area is 138 Å². The molecule has 1 N–H and O–H groups in total. The first kappa shape index (κ1) is 18.7. The van der Waals surface area contributed by atoms with E-state index in [9.17, 15) is 9.35 Å². The quantitative estimate of drug-likeness (QED) is 0.437. The molecular weight excluding hydrogens is 356 g/mol. The first-order valence-corrected chi connectivity index (χ1v) is 9.02. The normalized spacial score (nSPS) is 21.6. The smallest absolute Gasteiger partial charge is 0.307 e. The Morgan fingerprint density at radius 3 is 2.86 bits per heavy atom. The summed E-state index contributed by atoms with van der Waals surface area (Å²) in [5.74, 6) is -0.325. The summed E-state index contributed by atoms with van der Waals surface area (Å²) < 4.78 is 19.9. The van der Waals surface area contributed by atoms with E-state index < -0.39 is 22.2 Å². The van der Waals surface area contributed by atoms with Gasteiger partial charge in [-0.05, 0) is 40.2 Å². The van der Waals surface area contributed by atoms with E-state index >= 15 is 0 Å². The first-order chi connectivity index (χ1) is 9.74. The van der Waals surface area contributed by atoms with E-state index in [-0.39, 0.29) is 17.2 Å². The highest BCUT2D eigenvalue weighted by molar-refractivity contribution is 9.09. The topological polar surface area (TPSA) is 73.8 Å². The molecule has 1 aliphatic heterocycles. The van der Waals surface area contributed by atoms with Crippen LogP contribution >= 0.6 is 15.9 Å². The van der Waals surface area contributed by atoms with Crippen LogP contribution in [-0.4, -0.2) is 39.0 Å². The summed E-state index contributed by atoms with van der Waals surface area (Å²) in [7, 11) is 0. The molecule has 1 rings (SSSR count). The molecule has 7 heteroatoms. The Kier molecular flexibility index (Phi) is 7.39. The van der Waals surface area contributed by atoms with E-state index in [0.29, 0.717) is 12.3 Å². The van der Waals surface area contributed by atoms with E-state index in [0.717, 1.165) is 6.42 Å². The molecule has 21 heavy (non-hydrogen) atoms. The number of nitrogens with zero attached hydrogens (tertiary/aromatic N) is 1. The second kappa shape index (κ2) is 8.31. The van der Waals surface area contributed by atoms with E-state index in [2.05, 4.69) is 25.6 Å². The summed E-state index contributed by atoms with van der Waals surface area (Å²) in [6, 6.07) is -0.416. The number of carbonyl (C=O) groups excluding carboxylic acids is 1. The SMILES string of the molecule is CCOC(=O)CC(N[S+]([O-])C(C)(C)C)C1=CC(Br)CC=N1. The zero-order chi connectivity index (χ0) is 16.0. The van der Waals surface area contributed by atoms with Gasteiger partial charge in [-0.15, -0.1) is 4.72 Å². The van der Waals surface area contributed by atoms with Crippen molar-refractivity contribution in [1.29, 1.82) is 0 Å². The molecule has 3 unspecified atom stereocenters. The van der Waals surface area contributed by atoms with Crippen molar-refractivity contribution >= 4 is 39.5 Å². The monoisotopic (exact) mass is 378 g/mol. The van der Waals surface area contributed by atoms with Gasteiger partial charge < -0.3 is 9.29 Å². The Bertz CT molecular complexity index is 421. The van der Waals surface area contributed by atoms with Crippen LogP contribution in [0.5, 0.6) is 0 Å². The second-order valence-electron chi connectivity index (χ2n) is 5.72. The van der Waals surface area contributed by atoms with E-state index in [4.69, 9.17) is 4.74 Å². The zero-order valence-electron chi connectivity index (χ0n) is 12.9. The highest BCUT2D eigenvalue weighted by atomic mass is 79.9. The summed E-state index contributed by atoms with van der Waals surface area (Å²) in [5, 5.41) is 0. The number of hydrogen-bond donors (Lipinski definition) is 1. The minimum absolute atomic E-state index is 0.110. The molecule has 0 bridgehead atoms. The van der Waals surface area contributed by atoms with Gasteiger partial charge in [-0.3, -0.25) is 9.79 Å². The molecule has 0 saturated heterocycles. The maximum atomic E-state index is 12.3. The number of halogens is 1. The molecule has 0 aromatic rings. The third kappa shape index (κ3) is 6.50. The second-order valence-corrected chi connectivity index (χ2v) is 8.89. The summed E-state index contributed by atoms with van der Waals surface area (Å²) in [6.07, 6.45) is 4.65.